The fourth-order valence-electron chi connectivity index (χ4n) is 1.40. The molecular weight excluding hydrogens is 222 g/mol. The average Bonchev–Trinajstić information content (AvgIpc) is 2.89. The van der Waals surface area contributed by atoms with E-state index in [0.717, 1.165) is 12.8 Å². The van der Waals surface area contributed by atoms with Gasteiger partial charge in [-0.3, -0.25) is 0 Å². The van der Waals surface area contributed by atoms with Gasteiger partial charge in [-0.2, -0.15) is 4.98 Å². The fraction of sp³-hybridized carbons (Fsp3) is 0.600. The molecule has 0 bridgehead atoms. The van der Waals surface area contributed by atoms with Gasteiger partial charge < -0.3 is 9.63 Å². The molecule has 0 amide bonds. The Hall–Kier alpha value is -1.76. The van der Waals surface area contributed by atoms with Crippen LogP contribution >= 0.6 is 0 Å². The van der Waals surface area contributed by atoms with Crippen molar-refractivity contribution in [3.05, 3.63) is 23.6 Å². The second-order valence-corrected chi connectivity index (χ2v) is 3.87. The number of aliphatic hydroxyl groups is 1. The van der Waals surface area contributed by atoms with Crippen LogP contribution in [0, 0.1) is 0 Å². The topological polar surface area (TPSA) is 89.9 Å². The van der Waals surface area contributed by atoms with Gasteiger partial charge in [0, 0.05) is 6.42 Å². The van der Waals surface area contributed by atoms with Gasteiger partial charge in [0.15, 0.2) is 5.82 Å². The first kappa shape index (κ1) is 11.7. The van der Waals surface area contributed by atoms with Gasteiger partial charge in [0.05, 0.1) is 12.3 Å². The molecule has 7 nitrogen and oxygen atoms in total. The summed E-state index contributed by atoms with van der Waals surface area (Å²) in [5.41, 5.74) is 0.526. The van der Waals surface area contributed by atoms with E-state index in [2.05, 4.69) is 27.4 Å². The summed E-state index contributed by atoms with van der Waals surface area (Å²) in [5.74, 6) is 1.20. The summed E-state index contributed by atoms with van der Waals surface area (Å²) in [6.45, 7) is 4.07. The smallest absolute Gasteiger partial charge is 0.248 e. The number of hydrogen-bond acceptors (Lipinski definition) is 6. The van der Waals surface area contributed by atoms with Crippen molar-refractivity contribution in [2.24, 2.45) is 0 Å². The van der Waals surface area contributed by atoms with Crippen LogP contribution in [0.1, 0.15) is 43.8 Å². The van der Waals surface area contributed by atoms with E-state index in [1.165, 1.54) is 0 Å². The van der Waals surface area contributed by atoms with Gasteiger partial charge in [-0.25, -0.2) is 4.68 Å². The number of aryl methyl sites for hydroxylation is 1. The van der Waals surface area contributed by atoms with Gasteiger partial charge in [0.1, 0.15) is 12.2 Å². The number of aromatic nitrogens is 5. The number of hydrogen-bond donors (Lipinski definition) is 1. The van der Waals surface area contributed by atoms with Crippen LogP contribution in [-0.4, -0.2) is 30.2 Å². The molecule has 0 fully saturated rings. The normalized spacial score (nSPS) is 12.9. The lowest BCUT2D eigenvalue weighted by molar-refractivity contribution is 0.194. The van der Waals surface area contributed by atoms with Crippen LogP contribution in [0.5, 0.6) is 0 Å². The van der Waals surface area contributed by atoms with Crippen LogP contribution in [0.4, 0.5) is 0 Å². The molecule has 1 unspecified atom stereocenters. The predicted molar refractivity (Wildman–Crippen MR) is 58.1 cm³/mol. The summed E-state index contributed by atoms with van der Waals surface area (Å²) < 4.78 is 6.64. The second-order valence-electron chi connectivity index (χ2n) is 3.87. The Morgan fingerprint density at radius 1 is 1.53 bits per heavy atom. The number of aliphatic hydroxyl groups excluding tert-OH is 1. The second kappa shape index (κ2) is 5.05. The highest BCUT2D eigenvalue weighted by atomic mass is 16.5. The Bertz CT molecular complexity index is 477. The summed E-state index contributed by atoms with van der Waals surface area (Å²) >= 11 is 0. The molecule has 0 aliphatic heterocycles. The summed E-state index contributed by atoms with van der Waals surface area (Å²) in [4.78, 5) is 4.22. The van der Waals surface area contributed by atoms with E-state index in [9.17, 15) is 5.11 Å². The molecule has 0 saturated carbocycles. The standard InChI is InChI=1S/C10H15N5O2/c1-3-4-9-11-10(17-13-9)6-15-5-8(7(2)16)12-14-15/h5,7,16H,3-4,6H2,1-2H3. The van der Waals surface area contributed by atoms with Crippen molar-refractivity contribution < 1.29 is 9.63 Å². The van der Waals surface area contributed by atoms with E-state index in [0.29, 0.717) is 24.0 Å². The first-order valence-electron chi connectivity index (χ1n) is 5.58. The van der Waals surface area contributed by atoms with Gasteiger partial charge in [-0.1, -0.05) is 17.3 Å². The lowest BCUT2D eigenvalue weighted by atomic mass is 10.3. The highest BCUT2D eigenvalue weighted by Crippen LogP contribution is 2.08. The fourth-order valence-corrected chi connectivity index (χ4v) is 1.40. The first-order chi connectivity index (χ1) is 8.19. The maximum atomic E-state index is 9.31. The molecule has 0 radical (unpaired) electrons. The van der Waals surface area contributed by atoms with E-state index >= 15 is 0 Å². The molecule has 2 aromatic rings. The van der Waals surface area contributed by atoms with Crippen molar-refractivity contribution >= 4 is 0 Å². The molecule has 1 N–H and O–H groups in total. The zero-order valence-electron chi connectivity index (χ0n) is 9.87. The molecule has 17 heavy (non-hydrogen) atoms. The Labute approximate surface area is 98.5 Å². The van der Waals surface area contributed by atoms with Crippen LogP contribution in [0.25, 0.3) is 0 Å². The third-order valence-electron chi connectivity index (χ3n) is 2.27. The highest BCUT2D eigenvalue weighted by Gasteiger charge is 2.10. The molecule has 0 aromatic carbocycles. The Balaban J connectivity index is 2.03. The molecule has 1 atom stereocenters. The molecule has 2 heterocycles. The molecule has 0 spiro atoms. The van der Waals surface area contributed by atoms with Crippen molar-refractivity contribution in [1.29, 1.82) is 0 Å². The van der Waals surface area contributed by atoms with Crippen molar-refractivity contribution in [3.63, 3.8) is 0 Å². The lowest BCUT2D eigenvalue weighted by Gasteiger charge is -1.95. The molecule has 0 aliphatic carbocycles. The van der Waals surface area contributed by atoms with Gasteiger partial charge in [0.25, 0.3) is 0 Å². The van der Waals surface area contributed by atoms with Crippen LogP contribution in [0.3, 0.4) is 0 Å². The van der Waals surface area contributed by atoms with E-state index in [1.807, 2.05) is 0 Å². The maximum absolute atomic E-state index is 9.31. The maximum Gasteiger partial charge on any atom is 0.248 e. The molecule has 0 saturated heterocycles. The minimum absolute atomic E-state index is 0.371. The first-order valence-corrected chi connectivity index (χ1v) is 5.58. The zero-order valence-corrected chi connectivity index (χ0v) is 9.87. The van der Waals surface area contributed by atoms with Crippen molar-refractivity contribution in [2.45, 2.75) is 39.3 Å². The van der Waals surface area contributed by atoms with E-state index in [4.69, 9.17) is 4.52 Å². The molecule has 7 heteroatoms. The van der Waals surface area contributed by atoms with Crippen molar-refractivity contribution in [3.8, 4) is 0 Å². The van der Waals surface area contributed by atoms with E-state index in [1.54, 1.807) is 17.8 Å². The van der Waals surface area contributed by atoms with Gasteiger partial charge >= 0.3 is 0 Å². The van der Waals surface area contributed by atoms with E-state index in [-0.39, 0.29) is 0 Å². The minimum atomic E-state index is -0.623. The highest BCUT2D eigenvalue weighted by molar-refractivity contribution is 4.97. The molecule has 2 aromatic heterocycles. The molecule has 0 aliphatic rings. The summed E-state index contributed by atoms with van der Waals surface area (Å²) in [7, 11) is 0. The van der Waals surface area contributed by atoms with E-state index < -0.39 is 6.10 Å². The summed E-state index contributed by atoms with van der Waals surface area (Å²) in [6, 6.07) is 0. The van der Waals surface area contributed by atoms with Crippen LogP contribution < -0.4 is 0 Å². The Morgan fingerprint density at radius 3 is 3.00 bits per heavy atom. The van der Waals surface area contributed by atoms with Crippen molar-refractivity contribution in [1.82, 2.24) is 25.1 Å². The molecular formula is C10H15N5O2. The third-order valence-corrected chi connectivity index (χ3v) is 2.27. The summed E-state index contributed by atoms with van der Waals surface area (Å²) in [6.07, 6.45) is 2.82. The largest absolute Gasteiger partial charge is 0.387 e. The number of nitrogens with zero attached hydrogens (tertiary/aromatic N) is 5. The SMILES string of the molecule is CCCc1noc(Cn2cc(C(C)O)nn2)n1. The number of rotatable bonds is 5. The van der Waals surface area contributed by atoms with Gasteiger partial charge in [0.2, 0.25) is 5.89 Å². The third kappa shape index (κ3) is 2.88. The molecule has 2 rings (SSSR count). The quantitative estimate of drug-likeness (QED) is 0.823. The predicted octanol–water partition coefficient (Wildman–Crippen LogP) is 0.715. The minimum Gasteiger partial charge on any atom is -0.387 e. The van der Waals surface area contributed by atoms with Gasteiger partial charge in [-0.15, -0.1) is 5.10 Å². The molecule has 92 valence electrons. The van der Waals surface area contributed by atoms with Crippen LogP contribution in [0.2, 0.25) is 0 Å². The Morgan fingerprint density at radius 2 is 2.35 bits per heavy atom. The van der Waals surface area contributed by atoms with Crippen molar-refractivity contribution in [2.75, 3.05) is 0 Å². The summed E-state index contributed by atoms with van der Waals surface area (Å²) in [5, 5.41) is 20.9. The van der Waals surface area contributed by atoms with Gasteiger partial charge in [-0.05, 0) is 13.3 Å². The van der Waals surface area contributed by atoms with Crippen LogP contribution in [-0.2, 0) is 13.0 Å². The zero-order chi connectivity index (χ0) is 12.3. The van der Waals surface area contributed by atoms with Crippen LogP contribution in [0.15, 0.2) is 10.7 Å². The Kier molecular flexibility index (Phi) is 3.48. The average molecular weight is 237 g/mol. The lowest BCUT2D eigenvalue weighted by Crippen LogP contribution is -2.01. The monoisotopic (exact) mass is 237 g/mol.